The molecule has 0 aromatic heterocycles. The standard InChI is InChI=1S/C20H23ClN2O3/c1-14(24)15-6-9-17(10-7-15)26-12-4-5-20(25)22-18-13-16(21)8-11-19(18)23(2)3/h6-11,13H,4-5,12H2,1-3H3,(H,22,25). The summed E-state index contributed by atoms with van der Waals surface area (Å²) < 4.78 is 5.60. The van der Waals surface area contributed by atoms with Crippen LogP contribution in [0.4, 0.5) is 11.4 Å². The largest absolute Gasteiger partial charge is 0.494 e. The molecule has 0 radical (unpaired) electrons. The van der Waals surface area contributed by atoms with Crippen molar-refractivity contribution in [3.8, 4) is 5.75 Å². The molecule has 0 heterocycles. The van der Waals surface area contributed by atoms with Crippen LogP contribution in [-0.2, 0) is 4.79 Å². The average Bonchev–Trinajstić information content (AvgIpc) is 2.59. The molecule has 0 aliphatic rings. The van der Waals surface area contributed by atoms with Crippen molar-refractivity contribution in [3.63, 3.8) is 0 Å². The number of anilines is 2. The summed E-state index contributed by atoms with van der Waals surface area (Å²) in [6.07, 6.45) is 0.920. The van der Waals surface area contributed by atoms with E-state index >= 15 is 0 Å². The Balaban J connectivity index is 1.80. The minimum absolute atomic E-state index is 0.0197. The van der Waals surface area contributed by atoms with E-state index in [0.29, 0.717) is 41.5 Å². The van der Waals surface area contributed by atoms with Gasteiger partial charge in [-0.25, -0.2) is 0 Å². The first-order valence-electron chi connectivity index (χ1n) is 8.37. The van der Waals surface area contributed by atoms with Gasteiger partial charge in [-0.05, 0) is 55.8 Å². The Hall–Kier alpha value is -2.53. The summed E-state index contributed by atoms with van der Waals surface area (Å²) in [6.45, 7) is 1.94. The summed E-state index contributed by atoms with van der Waals surface area (Å²) in [7, 11) is 3.81. The number of nitrogens with one attached hydrogen (secondary N) is 1. The average molecular weight is 375 g/mol. The third-order valence-corrected chi connectivity index (χ3v) is 4.03. The molecular weight excluding hydrogens is 352 g/mol. The number of Topliss-reactive ketones (excluding diaryl/α,β-unsaturated/α-hetero) is 1. The van der Waals surface area contributed by atoms with Crippen molar-refractivity contribution in [1.82, 2.24) is 0 Å². The van der Waals surface area contributed by atoms with Gasteiger partial charge in [0.25, 0.3) is 0 Å². The molecule has 0 bridgehead atoms. The van der Waals surface area contributed by atoms with Crippen LogP contribution in [0.2, 0.25) is 5.02 Å². The number of benzene rings is 2. The molecule has 0 aliphatic carbocycles. The maximum atomic E-state index is 12.2. The molecule has 138 valence electrons. The first-order valence-corrected chi connectivity index (χ1v) is 8.75. The maximum Gasteiger partial charge on any atom is 0.224 e. The van der Waals surface area contributed by atoms with E-state index in [2.05, 4.69) is 5.32 Å². The van der Waals surface area contributed by atoms with E-state index in [1.54, 1.807) is 36.4 Å². The molecule has 0 aliphatic heterocycles. The van der Waals surface area contributed by atoms with E-state index in [4.69, 9.17) is 16.3 Å². The summed E-state index contributed by atoms with van der Waals surface area (Å²) in [6, 6.07) is 12.4. The topological polar surface area (TPSA) is 58.6 Å². The number of ketones is 1. The van der Waals surface area contributed by atoms with Gasteiger partial charge in [0.1, 0.15) is 5.75 Å². The summed E-state index contributed by atoms with van der Waals surface area (Å²) in [5.74, 6) is 0.609. The van der Waals surface area contributed by atoms with E-state index in [1.165, 1.54) is 6.92 Å². The highest BCUT2D eigenvalue weighted by Crippen LogP contribution is 2.28. The molecule has 6 heteroatoms. The van der Waals surface area contributed by atoms with Gasteiger partial charge in [-0.2, -0.15) is 0 Å². The van der Waals surface area contributed by atoms with Gasteiger partial charge in [-0.1, -0.05) is 11.6 Å². The van der Waals surface area contributed by atoms with Crippen molar-refractivity contribution in [2.75, 3.05) is 30.9 Å². The maximum absolute atomic E-state index is 12.2. The quantitative estimate of drug-likeness (QED) is 0.549. The summed E-state index contributed by atoms with van der Waals surface area (Å²) in [5, 5.41) is 3.47. The summed E-state index contributed by atoms with van der Waals surface area (Å²) in [4.78, 5) is 25.3. The van der Waals surface area contributed by atoms with Crippen LogP contribution in [0.15, 0.2) is 42.5 Å². The van der Waals surface area contributed by atoms with Crippen LogP contribution in [-0.4, -0.2) is 32.4 Å². The van der Waals surface area contributed by atoms with Gasteiger partial charge in [0.05, 0.1) is 18.0 Å². The van der Waals surface area contributed by atoms with Crippen LogP contribution in [0.1, 0.15) is 30.1 Å². The normalized spacial score (nSPS) is 10.3. The van der Waals surface area contributed by atoms with Crippen LogP contribution < -0.4 is 15.0 Å². The number of hydrogen-bond acceptors (Lipinski definition) is 4. The van der Waals surface area contributed by atoms with Crippen molar-refractivity contribution < 1.29 is 14.3 Å². The lowest BCUT2D eigenvalue weighted by Crippen LogP contribution is -2.17. The number of nitrogens with zero attached hydrogens (tertiary/aromatic N) is 1. The number of amides is 1. The monoisotopic (exact) mass is 374 g/mol. The van der Waals surface area contributed by atoms with Crippen molar-refractivity contribution in [2.24, 2.45) is 0 Å². The second-order valence-corrected chi connectivity index (χ2v) is 6.57. The van der Waals surface area contributed by atoms with Crippen molar-refractivity contribution in [2.45, 2.75) is 19.8 Å². The lowest BCUT2D eigenvalue weighted by molar-refractivity contribution is -0.116. The number of halogens is 1. The Morgan fingerprint density at radius 2 is 1.81 bits per heavy atom. The molecule has 2 rings (SSSR count). The molecular formula is C20H23ClN2O3. The first-order chi connectivity index (χ1) is 12.4. The zero-order valence-electron chi connectivity index (χ0n) is 15.2. The van der Waals surface area contributed by atoms with Crippen molar-refractivity contribution in [1.29, 1.82) is 0 Å². The second-order valence-electron chi connectivity index (χ2n) is 6.14. The highest BCUT2D eigenvalue weighted by molar-refractivity contribution is 6.31. The Kier molecular flexibility index (Phi) is 7.04. The molecule has 26 heavy (non-hydrogen) atoms. The smallest absolute Gasteiger partial charge is 0.224 e. The zero-order chi connectivity index (χ0) is 19.1. The lowest BCUT2D eigenvalue weighted by Gasteiger charge is -2.18. The Morgan fingerprint density at radius 1 is 1.12 bits per heavy atom. The van der Waals surface area contributed by atoms with Gasteiger partial charge in [0.2, 0.25) is 5.91 Å². The van der Waals surface area contributed by atoms with Gasteiger partial charge in [0.15, 0.2) is 5.78 Å². The molecule has 0 atom stereocenters. The highest BCUT2D eigenvalue weighted by Gasteiger charge is 2.09. The fraction of sp³-hybridized carbons (Fsp3) is 0.300. The highest BCUT2D eigenvalue weighted by atomic mass is 35.5. The molecule has 1 N–H and O–H groups in total. The van der Waals surface area contributed by atoms with Crippen molar-refractivity contribution >= 4 is 34.7 Å². The molecule has 0 fully saturated rings. The van der Waals surface area contributed by atoms with Crippen LogP contribution in [0.3, 0.4) is 0 Å². The molecule has 2 aromatic carbocycles. The van der Waals surface area contributed by atoms with E-state index in [0.717, 1.165) is 5.69 Å². The number of hydrogen-bond donors (Lipinski definition) is 1. The summed E-state index contributed by atoms with van der Waals surface area (Å²) in [5.41, 5.74) is 2.23. The fourth-order valence-electron chi connectivity index (χ4n) is 2.42. The van der Waals surface area contributed by atoms with Crippen LogP contribution in [0.5, 0.6) is 5.75 Å². The predicted octanol–water partition coefficient (Wildman–Crippen LogP) is 4.41. The number of carbonyl (C=O) groups excluding carboxylic acids is 2. The minimum atomic E-state index is -0.0918. The number of carbonyl (C=O) groups is 2. The van der Waals surface area contributed by atoms with Gasteiger partial charge in [-0.15, -0.1) is 0 Å². The molecule has 0 unspecified atom stereocenters. The Bertz CT molecular complexity index is 773. The SMILES string of the molecule is CC(=O)c1ccc(OCCCC(=O)Nc2cc(Cl)ccc2N(C)C)cc1. The van der Waals surface area contributed by atoms with Gasteiger partial charge in [0, 0.05) is 31.1 Å². The van der Waals surface area contributed by atoms with Crippen LogP contribution in [0, 0.1) is 0 Å². The fourth-order valence-corrected chi connectivity index (χ4v) is 2.59. The zero-order valence-corrected chi connectivity index (χ0v) is 16.0. The van der Waals surface area contributed by atoms with E-state index in [-0.39, 0.29) is 11.7 Å². The Labute approximate surface area is 158 Å². The third kappa shape index (κ3) is 5.77. The molecule has 1 amide bonds. The minimum Gasteiger partial charge on any atom is -0.494 e. The van der Waals surface area contributed by atoms with E-state index < -0.39 is 0 Å². The number of rotatable bonds is 8. The van der Waals surface area contributed by atoms with Crippen molar-refractivity contribution in [3.05, 3.63) is 53.1 Å². The van der Waals surface area contributed by atoms with Gasteiger partial charge < -0.3 is 15.0 Å². The molecule has 5 nitrogen and oxygen atoms in total. The van der Waals surface area contributed by atoms with Gasteiger partial charge in [-0.3, -0.25) is 9.59 Å². The van der Waals surface area contributed by atoms with Gasteiger partial charge >= 0.3 is 0 Å². The number of ether oxygens (including phenoxy) is 1. The molecule has 0 saturated heterocycles. The third-order valence-electron chi connectivity index (χ3n) is 3.79. The summed E-state index contributed by atoms with van der Waals surface area (Å²) >= 11 is 6.02. The predicted molar refractivity (Wildman–Crippen MR) is 106 cm³/mol. The Morgan fingerprint density at radius 3 is 2.42 bits per heavy atom. The van der Waals surface area contributed by atoms with Crippen LogP contribution in [0.25, 0.3) is 0 Å². The van der Waals surface area contributed by atoms with E-state index in [1.807, 2.05) is 25.1 Å². The first kappa shape index (κ1) is 19.8. The lowest BCUT2D eigenvalue weighted by atomic mass is 10.1. The van der Waals surface area contributed by atoms with Crippen LogP contribution >= 0.6 is 11.6 Å². The molecule has 0 saturated carbocycles. The second kappa shape index (κ2) is 9.25. The van der Waals surface area contributed by atoms with E-state index in [9.17, 15) is 9.59 Å². The molecule has 2 aromatic rings. The molecule has 0 spiro atoms.